The van der Waals surface area contributed by atoms with Crippen LogP contribution in [0.1, 0.15) is 26.7 Å². The molecule has 0 rings (SSSR count). The smallest absolute Gasteiger partial charge is 0.330 e. The molecule has 1 N–H and O–H groups in total. The van der Waals surface area contributed by atoms with Crippen molar-refractivity contribution in [2.45, 2.75) is 32.5 Å². The van der Waals surface area contributed by atoms with Crippen LogP contribution in [0.4, 0.5) is 0 Å². The highest BCUT2D eigenvalue weighted by Gasteiger charge is 2.18. The molecule has 0 aliphatic carbocycles. The Labute approximate surface area is 108 Å². The normalized spacial score (nSPS) is 11.0. The van der Waals surface area contributed by atoms with Crippen molar-refractivity contribution in [2.75, 3.05) is 19.8 Å². The van der Waals surface area contributed by atoms with Crippen molar-refractivity contribution in [2.24, 2.45) is 0 Å². The molecular formula is C13H22O5. The van der Waals surface area contributed by atoms with Crippen molar-refractivity contribution >= 4 is 5.97 Å². The van der Waals surface area contributed by atoms with Crippen molar-refractivity contribution in [3.63, 3.8) is 0 Å². The van der Waals surface area contributed by atoms with Gasteiger partial charge in [0.25, 0.3) is 0 Å². The minimum atomic E-state index is -0.966. The zero-order valence-corrected chi connectivity index (χ0v) is 11.1. The zero-order chi connectivity index (χ0) is 14.0. The monoisotopic (exact) mass is 258 g/mol. The van der Waals surface area contributed by atoms with Crippen molar-refractivity contribution in [3.8, 4) is 0 Å². The van der Waals surface area contributed by atoms with Crippen molar-refractivity contribution < 1.29 is 24.1 Å². The molecule has 0 bridgehead atoms. The van der Waals surface area contributed by atoms with E-state index >= 15 is 0 Å². The van der Waals surface area contributed by atoms with Gasteiger partial charge in [0, 0.05) is 5.57 Å². The van der Waals surface area contributed by atoms with Crippen LogP contribution in [0.3, 0.4) is 0 Å². The number of carboxylic acid groups (broad SMARTS) is 1. The van der Waals surface area contributed by atoms with Gasteiger partial charge in [-0.05, 0) is 26.7 Å². The maximum atomic E-state index is 10.5. The minimum Gasteiger partial charge on any atom is -0.499 e. The van der Waals surface area contributed by atoms with E-state index in [1.165, 1.54) is 6.26 Å². The average Bonchev–Trinajstić information content (AvgIpc) is 2.30. The van der Waals surface area contributed by atoms with E-state index in [4.69, 9.17) is 19.3 Å². The third-order valence-corrected chi connectivity index (χ3v) is 2.14. The van der Waals surface area contributed by atoms with Gasteiger partial charge in [-0.25, -0.2) is 4.79 Å². The molecule has 0 aliphatic heterocycles. The second-order valence-electron chi connectivity index (χ2n) is 4.15. The lowest BCUT2D eigenvalue weighted by atomic mass is 10.2. The minimum absolute atomic E-state index is 0.191. The van der Waals surface area contributed by atoms with Crippen LogP contribution in [0, 0.1) is 0 Å². The van der Waals surface area contributed by atoms with E-state index in [0.717, 1.165) is 0 Å². The Bertz CT molecular complexity index is 283. The highest BCUT2D eigenvalue weighted by Crippen LogP contribution is 2.13. The molecule has 0 saturated heterocycles. The number of hydrogen-bond acceptors (Lipinski definition) is 4. The molecule has 0 unspecified atom stereocenters. The summed E-state index contributed by atoms with van der Waals surface area (Å²) < 4.78 is 15.9. The van der Waals surface area contributed by atoms with Crippen LogP contribution in [-0.2, 0) is 19.0 Å². The molecule has 104 valence electrons. The summed E-state index contributed by atoms with van der Waals surface area (Å²) in [6.07, 6.45) is 2.36. The topological polar surface area (TPSA) is 65.0 Å². The molecule has 5 nitrogen and oxygen atoms in total. The molecule has 0 fully saturated rings. The molecule has 0 heterocycles. The number of rotatable bonds is 11. The third kappa shape index (κ3) is 8.78. The molecule has 5 heteroatoms. The number of carboxylic acids is 1. The predicted octanol–water partition coefficient (Wildman–Crippen LogP) is 2.34. The molecule has 0 saturated carbocycles. The van der Waals surface area contributed by atoms with Crippen molar-refractivity contribution in [1.29, 1.82) is 0 Å². The highest BCUT2D eigenvalue weighted by molar-refractivity contribution is 5.85. The Kier molecular flexibility index (Phi) is 8.07. The Morgan fingerprint density at radius 3 is 2.44 bits per heavy atom. The van der Waals surface area contributed by atoms with E-state index in [1.54, 1.807) is 13.8 Å². The first kappa shape index (κ1) is 16.7. The lowest BCUT2D eigenvalue weighted by molar-refractivity contribution is -0.217. The zero-order valence-electron chi connectivity index (χ0n) is 11.1. The van der Waals surface area contributed by atoms with Gasteiger partial charge in [0.05, 0.1) is 19.5 Å². The lowest BCUT2D eigenvalue weighted by Gasteiger charge is -2.25. The van der Waals surface area contributed by atoms with E-state index in [9.17, 15) is 4.79 Å². The fourth-order valence-corrected chi connectivity index (χ4v) is 1.17. The SMILES string of the molecule is C=COCCOC(C)(C)OCCCC(=C)C(=O)O. The van der Waals surface area contributed by atoms with Crippen LogP contribution in [0.25, 0.3) is 0 Å². The van der Waals surface area contributed by atoms with Gasteiger partial charge in [-0.3, -0.25) is 0 Å². The Hall–Kier alpha value is -1.33. The first-order valence-corrected chi connectivity index (χ1v) is 5.80. The van der Waals surface area contributed by atoms with Crippen LogP contribution in [0.15, 0.2) is 25.0 Å². The summed E-state index contributed by atoms with van der Waals surface area (Å²) in [4.78, 5) is 10.5. The summed E-state index contributed by atoms with van der Waals surface area (Å²) in [6.45, 7) is 11.7. The summed E-state index contributed by atoms with van der Waals surface area (Å²) in [6, 6.07) is 0. The summed E-state index contributed by atoms with van der Waals surface area (Å²) in [7, 11) is 0. The molecule has 0 aromatic rings. The molecule has 0 spiro atoms. The lowest BCUT2D eigenvalue weighted by Crippen LogP contribution is -2.30. The maximum Gasteiger partial charge on any atom is 0.330 e. The molecule has 0 amide bonds. The molecule has 0 aromatic heterocycles. The van der Waals surface area contributed by atoms with Gasteiger partial charge in [0.15, 0.2) is 5.79 Å². The summed E-state index contributed by atoms with van der Waals surface area (Å²) in [5, 5.41) is 8.62. The standard InChI is InChI=1S/C13H22O5/c1-5-16-9-10-18-13(3,4)17-8-6-7-11(2)12(14)15/h5H,1-2,6-10H2,3-4H3,(H,14,15). The van der Waals surface area contributed by atoms with Gasteiger partial charge in [0.1, 0.15) is 6.61 Å². The van der Waals surface area contributed by atoms with Crippen LogP contribution < -0.4 is 0 Å². The van der Waals surface area contributed by atoms with Crippen LogP contribution >= 0.6 is 0 Å². The quantitative estimate of drug-likeness (QED) is 0.267. The van der Waals surface area contributed by atoms with E-state index in [2.05, 4.69) is 13.2 Å². The summed E-state index contributed by atoms with van der Waals surface area (Å²) >= 11 is 0. The van der Waals surface area contributed by atoms with Gasteiger partial charge >= 0.3 is 5.97 Å². The van der Waals surface area contributed by atoms with Crippen LogP contribution in [0.5, 0.6) is 0 Å². The third-order valence-electron chi connectivity index (χ3n) is 2.14. The number of ether oxygens (including phenoxy) is 3. The van der Waals surface area contributed by atoms with E-state index < -0.39 is 11.8 Å². The van der Waals surface area contributed by atoms with Crippen LogP contribution in [0.2, 0.25) is 0 Å². The number of aliphatic carboxylic acids is 1. The number of carbonyl (C=O) groups is 1. The molecule has 0 radical (unpaired) electrons. The Balaban J connectivity index is 3.66. The first-order chi connectivity index (χ1) is 8.39. The molecule has 0 aliphatic rings. The second-order valence-corrected chi connectivity index (χ2v) is 4.15. The predicted molar refractivity (Wildman–Crippen MR) is 68.1 cm³/mol. The van der Waals surface area contributed by atoms with Gasteiger partial charge < -0.3 is 19.3 Å². The molecule has 18 heavy (non-hydrogen) atoms. The van der Waals surface area contributed by atoms with Gasteiger partial charge in [-0.2, -0.15) is 0 Å². The Morgan fingerprint density at radius 2 is 1.89 bits per heavy atom. The molecular weight excluding hydrogens is 236 g/mol. The summed E-state index contributed by atoms with van der Waals surface area (Å²) in [5.41, 5.74) is 0.191. The first-order valence-electron chi connectivity index (χ1n) is 5.80. The van der Waals surface area contributed by atoms with E-state index in [0.29, 0.717) is 32.7 Å². The maximum absolute atomic E-state index is 10.5. The van der Waals surface area contributed by atoms with E-state index in [-0.39, 0.29) is 5.57 Å². The van der Waals surface area contributed by atoms with E-state index in [1.807, 2.05) is 0 Å². The van der Waals surface area contributed by atoms with Gasteiger partial charge in [0.2, 0.25) is 0 Å². The summed E-state index contributed by atoms with van der Waals surface area (Å²) in [5.74, 6) is -1.68. The number of hydrogen-bond donors (Lipinski definition) is 1. The Morgan fingerprint density at radius 1 is 1.28 bits per heavy atom. The fraction of sp³-hybridized carbons (Fsp3) is 0.615. The largest absolute Gasteiger partial charge is 0.499 e. The highest BCUT2D eigenvalue weighted by atomic mass is 16.7. The van der Waals surface area contributed by atoms with Crippen molar-refractivity contribution in [1.82, 2.24) is 0 Å². The molecule has 0 atom stereocenters. The average molecular weight is 258 g/mol. The van der Waals surface area contributed by atoms with Crippen LogP contribution in [-0.4, -0.2) is 36.7 Å². The van der Waals surface area contributed by atoms with Gasteiger partial charge in [-0.15, -0.1) is 0 Å². The molecule has 0 aromatic carbocycles. The van der Waals surface area contributed by atoms with Gasteiger partial charge in [-0.1, -0.05) is 13.2 Å². The fourth-order valence-electron chi connectivity index (χ4n) is 1.17. The van der Waals surface area contributed by atoms with Crippen molar-refractivity contribution in [3.05, 3.63) is 25.0 Å². The second kappa shape index (κ2) is 8.72.